The second kappa shape index (κ2) is 8.19. The third kappa shape index (κ3) is 5.04. The van der Waals surface area contributed by atoms with Crippen LogP contribution < -0.4 is 5.32 Å². The molecule has 1 amide bonds. The van der Waals surface area contributed by atoms with Crippen molar-refractivity contribution in [3.05, 3.63) is 0 Å². The number of nitrogens with zero attached hydrogens (tertiary/aromatic N) is 1. The number of thioether (sulfide) groups is 1. The summed E-state index contributed by atoms with van der Waals surface area (Å²) >= 11 is 1.95. The van der Waals surface area contributed by atoms with Crippen LogP contribution in [0.2, 0.25) is 0 Å². The summed E-state index contributed by atoms with van der Waals surface area (Å²) in [5.74, 6) is 2.56. The Morgan fingerprint density at radius 2 is 2.29 bits per heavy atom. The molecule has 2 aliphatic rings. The predicted molar refractivity (Wildman–Crippen MR) is 73.0 cm³/mol. The largest absolute Gasteiger partial charge is 0.378 e. The Bertz CT molecular complexity index is 230. The van der Waals surface area contributed by atoms with E-state index in [1.54, 1.807) is 0 Å². The van der Waals surface area contributed by atoms with E-state index in [0.717, 1.165) is 38.4 Å². The van der Waals surface area contributed by atoms with E-state index in [1.807, 2.05) is 16.7 Å². The molecule has 2 fully saturated rings. The molecule has 0 spiro atoms. The lowest BCUT2D eigenvalue weighted by Crippen LogP contribution is -2.45. The second-order valence-corrected chi connectivity index (χ2v) is 5.50. The highest BCUT2D eigenvalue weighted by Gasteiger charge is 2.21. The maximum Gasteiger partial charge on any atom is 0.224 e. The van der Waals surface area contributed by atoms with Crippen molar-refractivity contribution in [3.8, 4) is 0 Å². The molecule has 100 valence electrons. The quantitative estimate of drug-likeness (QED) is 0.811. The summed E-state index contributed by atoms with van der Waals surface area (Å²) in [6.45, 7) is 4.16. The van der Waals surface area contributed by atoms with Crippen LogP contribution in [0.3, 0.4) is 0 Å². The van der Waals surface area contributed by atoms with Gasteiger partial charge in [0.15, 0.2) is 0 Å². The van der Waals surface area contributed by atoms with Gasteiger partial charge in [0, 0.05) is 37.8 Å². The molecule has 6 heteroatoms. The molecule has 2 saturated heterocycles. The normalized spacial score (nSPS) is 25.9. The minimum atomic E-state index is 0. The van der Waals surface area contributed by atoms with E-state index in [0.29, 0.717) is 13.0 Å². The molecule has 4 nitrogen and oxygen atoms in total. The second-order valence-electron chi connectivity index (χ2n) is 4.28. The Kier molecular flexibility index (Phi) is 7.27. The van der Waals surface area contributed by atoms with Crippen molar-refractivity contribution in [1.82, 2.24) is 10.2 Å². The molecule has 1 N–H and O–H groups in total. The molecule has 2 heterocycles. The van der Waals surface area contributed by atoms with E-state index in [1.165, 1.54) is 5.75 Å². The SMILES string of the molecule is Cl.O=C(CC1COCCN1)N1CCCSCC1. The van der Waals surface area contributed by atoms with Crippen LogP contribution in [0.4, 0.5) is 0 Å². The smallest absolute Gasteiger partial charge is 0.224 e. The zero-order valence-electron chi connectivity index (χ0n) is 10.0. The van der Waals surface area contributed by atoms with Crippen LogP contribution in [-0.4, -0.2) is 61.2 Å². The molecule has 0 radical (unpaired) electrons. The number of hydrogen-bond donors (Lipinski definition) is 1. The maximum atomic E-state index is 12.0. The van der Waals surface area contributed by atoms with E-state index in [9.17, 15) is 4.79 Å². The summed E-state index contributed by atoms with van der Waals surface area (Å²) in [7, 11) is 0. The molecule has 17 heavy (non-hydrogen) atoms. The van der Waals surface area contributed by atoms with Crippen molar-refractivity contribution in [2.75, 3.05) is 44.4 Å². The lowest BCUT2D eigenvalue weighted by Gasteiger charge is -2.26. The molecular weight excluding hydrogens is 260 g/mol. The first-order valence-corrected chi connectivity index (χ1v) is 7.18. The number of hydrogen-bond acceptors (Lipinski definition) is 4. The molecule has 0 saturated carbocycles. The van der Waals surface area contributed by atoms with Gasteiger partial charge in [0.1, 0.15) is 0 Å². The lowest BCUT2D eigenvalue weighted by molar-refractivity contribution is -0.132. The first kappa shape index (κ1) is 15.1. The van der Waals surface area contributed by atoms with Crippen LogP contribution in [0.5, 0.6) is 0 Å². The molecule has 2 rings (SSSR count). The lowest BCUT2D eigenvalue weighted by atomic mass is 10.1. The molecule has 0 aromatic heterocycles. The number of halogens is 1. The van der Waals surface area contributed by atoms with Gasteiger partial charge in [-0.05, 0) is 12.2 Å². The van der Waals surface area contributed by atoms with Gasteiger partial charge in [-0.15, -0.1) is 12.4 Å². The summed E-state index contributed by atoms with van der Waals surface area (Å²) in [6.07, 6.45) is 1.72. The number of amides is 1. The Labute approximate surface area is 113 Å². The Hall–Kier alpha value is 0.0300. The van der Waals surface area contributed by atoms with Crippen LogP contribution in [0.25, 0.3) is 0 Å². The summed E-state index contributed by atoms with van der Waals surface area (Å²) in [5.41, 5.74) is 0. The first-order chi connectivity index (χ1) is 7.86. The van der Waals surface area contributed by atoms with E-state index >= 15 is 0 Å². The third-order valence-electron chi connectivity index (χ3n) is 2.99. The standard InChI is InChI=1S/C11H20N2O2S.ClH/c14-11(8-10-9-15-5-2-12-10)13-3-1-6-16-7-4-13;/h10,12H,1-9H2;1H. The van der Waals surface area contributed by atoms with Gasteiger partial charge in [-0.3, -0.25) is 4.79 Å². The predicted octanol–water partition coefficient (Wildman–Crippen LogP) is 0.752. The summed E-state index contributed by atoms with van der Waals surface area (Å²) in [4.78, 5) is 14.1. The van der Waals surface area contributed by atoms with Crippen LogP contribution in [0.1, 0.15) is 12.8 Å². The van der Waals surface area contributed by atoms with Gasteiger partial charge in [-0.2, -0.15) is 11.8 Å². The Morgan fingerprint density at radius 1 is 1.41 bits per heavy atom. The van der Waals surface area contributed by atoms with Gasteiger partial charge in [0.25, 0.3) is 0 Å². The molecule has 0 aliphatic carbocycles. The Balaban J connectivity index is 0.00000144. The van der Waals surface area contributed by atoms with E-state index in [2.05, 4.69) is 5.32 Å². The fourth-order valence-electron chi connectivity index (χ4n) is 2.09. The molecule has 2 aliphatic heterocycles. The zero-order chi connectivity index (χ0) is 11.2. The first-order valence-electron chi connectivity index (χ1n) is 6.03. The molecule has 1 unspecified atom stereocenters. The molecule has 0 bridgehead atoms. The highest BCUT2D eigenvalue weighted by Crippen LogP contribution is 2.12. The summed E-state index contributed by atoms with van der Waals surface area (Å²) in [6, 6.07) is 0.220. The van der Waals surface area contributed by atoms with Gasteiger partial charge in [0.2, 0.25) is 5.91 Å². The summed E-state index contributed by atoms with van der Waals surface area (Å²) in [5, 5.41) is 3.33. The average Bonchev–Trinajstić information content (AvgIpc) is 2.59. The average molecular weight is 281 g/mol. The monoisotopic (exact) mass is 280 g/mol. The zero-order valence-corrected chi connectivity index (χ0v) is 11.7. The van der Waals surface area contributed by atoms with Crippen molar-refractivity contribution in [3.63, 3.8) is 0 Å². The van der Waals surface area contributed by atoms with Gasteiger partial charge in [0.05, 0.1) is 13.2 Å². The topological polar surface area (TPSA) is 41.6 Å². The minimum absolute atomic E-state index is 0. The van der Waals surface area contributed by atoms with E-state index < -0.39 is 0 Å². The third-order valence-corrected chi connectivity index (χ3v) is 4.04. The highest BCUT2D eigenvalue weighted by atomic mass is 35.5. The van der Waals surface area contributed by atoms with Crippen molar-refractivity contribution >= 4 is 30.1 Å². The number of ether oxygens (including phenoxy) is 1. The fraction of sp³-hybridized carbons (Fsp3) is 0.909. The highest BCUT2D eigenvalue weighted by molar-refractivity contribution is 7.99. The maximum absolute atomic E-state index is 12.0. The van der Waals surface area contributed by atoms with Gasteiger partial charge in [-0.25, -0.2) is 0 Å². The van der Waals surface area contributed by atoms with Gasteiger partial charge >= 0.3 is 0 Å². The fourth-order valence-corrected chi connectivity index (χ4v) is 2.97. The van der Waals surface area contributed by atoms with Crippen molar-refractivity contribution in [1.29, 1.82) is 0 Å². The van der Waals surface area contributed by atoms with Crippen LogP contribution in [0, 0.1) is 0 Å². The minimum Gasteiger partial charge on any atom is -0.378 e. The van der Waals surface area contributed by atoms with Crippen molar-refractivity contribution in [2.24, 2.45) is 0 Å². The van der Waals surface area contributed by atoms with Crippen LogP contribution in [-0.2, 0) is 9.53 Å². The van der Waals surface area contributed by atoms with Crippen molar-refractivity contribution in [2.45, 2.75) is 18.9 Å². The van der Waals surface area contributed by atoms with Gasteiger partial charge < -0.3 is 15.0 Å². The molecular formula is C11H21ClN2O2S. The van der Waals surface area contributed by atoms with Gasteiger partial charge in [-0.1, -0.05) is 0 Å². The summed E-state index contributed by atoms with van der Waals surface area (Å²) < 4.78 is 5.36. The van der Waals surface area contributed by atoms with E-state index in [-0.39, 0.29) is 24.4 Å². The molecule has 0 aromatic rings. The molecule has 0 aromatic carbocycles. The van der Waals surface area contributed by atoms with E-state index in [4.69, 9.17) is 4.74 Å². The number of morpholine rings is 1. The number of carbonyl (C=O) groups excluding carboxylic acids is 1. The number of nitrogens with one attached hydrogen (secondary N) is 1. The Morgan fingerprint density at radius 3 is 3.06 bits per heavy atom. The number of rotatable bonds is 2. The van der Waals surface area contributed by atoms with Crippen LogP contribution in [0.15, 0.2) is 0 Å². The molecule has 1 atom stereocenters. The van der Waals surface area contributed by atoms with Crippen LogP contribution >= 0.6 is 24.2 Å². The van der Waals surface area contributed by atoms with Crippen molar-refractivity contribution < 1.29 is 9.53 Å². The number of carbonyl (C=O) groups is 1.